The van der Waals surface area contributed by atoms with Crippen LogP contribution in [0.25, 0.3) is 21.9 Å². The minimum absolute atomic E-state index is 0.0411. The van der Waals surface area contributed by atoms with Crippen LogP contribution in [0.5, 0.6) is 0 Å². The quantitative estimate of drug-likeness (QED) is 0.413. The van der Waals surface area contributed by atoms with Gasteiger partial charge >= 0.3 is 0 Å². The van der Waals surface area contributed by atoms with Gasteiger partial charge in [-0.05, 0) is 73.0 Å². The van der Waals surface area contributed by atoms with Crippen molar-refractivity contribution >= 4 is 32.2 Å². The van der Waals surface area contributed by atoms with E-state index in [2.05, 4.69) is 5.48 Å². The molecule has 38 heavy (non-hydrogen) atoms. The molecule has 2 heterocycles. The molecule has 1 amide bonds. The number of sulfone groups is 1. The molecule has 1 aromatic heterocycles. The number of benzene rings is 2. The number of fused-ring (bicyclic) bond motifs is 1. The first-order valence-corrected chi connectivity index (χ1v) is 14.6. The fourth-order valence-electron chi connectivity index (χ4n) is 4.43. The summed E-state index contributed by atoms with van der Waals surface area (Å²) in [5, 5.41) is 1.30. The lowest BCUT2D eigenvalue weighted by Crippen LogP contribution is -2.51. The number of aromatic nitrogens is 1. The van der Waals surface area contributed by atoms with Crippen LogP contribution in [-0.4, -0.2) is 56.9 Å². The number of hydrogen-bond acceptors (Lipinski definition) is 7. The molecule has 0 aliphatic carbocycles. The maximum Gasteiger partial charge on any atom is 0.264 e. The molecule has 2 aromatic carbocycles. The Hall–Kier alpha value is -3.21. The number of carbonyl (C=O) groups is 1. The van der Waals surface area contributed by atoms with Gasteiger partial charge in [0.15, 0.2) is 20.9 Å². The van der Waals surface area contributed by atoms with E-state index in [0.717, 1.165) is 41.3 Å². The number of aryl methyl sites for hydroxylation is 1. The van der Waals surface area contributed by atoms with Gasteiger partial charge in [-0.3, -0.25) is 9.59 Å². The third-order valence-corrected chi connectivity index (χ3v) is 9.27. The molecule has 1 aliphatic rings. The fraction of sp³-hybridized carbons (Fsp3) is 0.429. The molecule has 3 aromatic rings. The van der Waals surface area contributed by atoms with E-state index in [1.807, 2.05) is 61.5 Å². The summed E-state index contributed by atoms with van der Waals surface area (Å²) in [4.78, 5) is 33.5. The number of nitrogens with zero attached hydrogens (tertiary/aromatic N) is 2. The summed E-state index contributed by atoms with van der Waals surface area (Å²) in [5.74, 6) is -0.784. The van der Waals surface area contributed by atoms with Gasteiger partial charge in [0.2, 0.25) is 0 Å². The normalized spacial score (nSPS) is 17.6. The van der Waals surface area contributed by atoms with Crippen molar-refractivity contribution in [1.82, 2.24) is 10.0 Å². The molecular formula is C28H35N3O6S. The zero-order valence-electron chi connectivity index (χ0n) is 22.3. The van der Waals surface area contributed by atoms with Crippen molar-refractivity contribution < 1.29 is 22.8 Å². The molecule has 0 bridgehead atoms. The van der Waals surface area contributed by atoms with E-state index in [9.17, 15) is 18.0 Å². The van der Waals surface area contributed by atoms with Crippen LogP contribution in [0.3, 0.4) is 0 Å². The minimum atomic E-state index is -3.84. The maximum atomic E-state index is 13.2. The third kappa shape index (κ3) is 5.92. The molecule has 0 saturated carbocycles. The summed E-state index contributed by atoms with van der Waals surface area (Å²) >= 11 is 0. The molecule has 2 unspecified atom stereocenters. The molecule has 9 nitrogen and oxygen atoms in total. The van der Waals surface area contributed by atoms with Crippen LogP contribution in [0.1, 0.15) is 32.6 Å². The van der Waals surface area contributed by atoms with E-state index < -0.39 is 26.8 Å². The van der Waals surface area contributed by atoms with Crippen molar-refractivity contribution in [1.29, 1.82) is 0 Å². The number of rotatable bonds is 9. The molecule has 0 radical (unpaired) electrons. The number of ether oxygens (including phenoxy) is 1. The number of hydrogen-bond donors (Lipinski definition) is 1. The lowest BCUT2D eigenvalue weighted by molar-refractivity contribution is -0.201. The van der Waals surface area contributed by atoms with Gasteiger partial charge in [0.05, 0.1) is 0 Å². The Balaban J connectivity index is 1.52. The second-order valence-electron chi connectivity index (χ2n) is 10.2. The Morgan fingerprint density at radius 2 is 1.84 bits per heavy atom. The van der Waals surface area contributed by atoms with Gasteiger partial charge in [-0.25, -0.2) is 18.7 Å². The number of nitrogens with one attached hydrogen (secondary N) is 1. The predicted octanol–water partition coefficient (Wildman–Crippen LogP) is 3.50. The Labute approximate surface area is 223 Å². The number of anilines is 1. The van der Waals surface area contributed by atoms with Crippen molar-refractivity contribution in [2.45, 2.75) is 50.2 Å². The number of pyridine rings is 1. The number of carbonyl (C=O) groups excluding carboxylic acids is 1. The molecule has 1 N–H and O–H groups in total. The van der Waals surface area contributed by atoms with Crippen LogP contribution in [0, 0.1) is 0 Å². The largest absolute Gasteiger partial charge is 0.378 e. The molecule has 1 fully saturated rings. The van der Waals surface area contributed by atoms with Crippen LogP contribution >= 0.6 is 0 Å². The molecule has 4 rings (SSSR count). The summed E-state index contributed by atoms with van der Waals surface area (Å²) in [7, 11) is 0.137. The van der Waals surface area contributed by atoms with E-state index in [1.54, 1.807) is 12.3 Å². The van der Waals surface area contributed by atoms with Gasteiger partial charge in [-0.1, -0.05) is 18.2 Å². The van der Waals surface area contributed by atoms with Crippen LogP contribution < -0.4 is 15.9 Å². The highest BCUT2D eigenvalue weighted by atomic mass is 32.2. The summed E-state index contributed by atoms with van der Waals surface area (Å²) in [6.45, 7) is 1.92. The van der Waals surface area contributed by atoms with E-state index in [4.69, 9.17) is 9.57 Å². The van der Waals surface area contributed by atoms with E-state index >= 15 is 0 Å². The standard InChI is InChI=1S/C28H35N3O6S/c1-28(38(4,34)35,27(33)29-37-25-7-5-6-18-36-25)15-17-31-16-14-22-19-21(10-13-24(22)26(31)32)20-8-11-23(12-9-20)30(2)3/h8-14,16,19,25H,5-7,15,17-18H2,1-4H3,(H,29,33). The molecule has 1 aliphatic heterocycles. The Kier molecular flexibility index (Phi) is 8.25. The summed E-state index contributed by atoms with van der Waals surface area (Å²) in [5.41, 5.74) is 5.15. The van der Waals surface area contributed by atoms with E-state index in [0.29, 0.717) is 18.4 Å². The second kappa shape index (κ2) is 11.3. The van der Waals surface area contributed by atoms with Crippen molar-refractivity contribution in [3.05, 3.63) is 65.1 Å². The predicted molar refractivity (Wildman–Crippen MR) is 149 cm³/mol. The van der Waals surface area contributed by atoms with Crippen LogP contribution in [0.2, 0.25) is 0 Å². The van der Waals surface area contributed by atoms with Crippen molar-refractivity contribution in [3.8, 4) is 11.1 Å². The van der Waals surface area contributed by atoms with Crippen LogP contribution in [-0.2, 0) is 30.8 Å². The number of hydroxylamine groups is 1. The lowest BCUT2D eigenvalue weighted by Gasteiger charge is -2.28. The SMILES string of the molecule is CN(C)c1ccc(-c2ccc3c(=O)n(CCC(C)(C(=O)NOC4CCCCO4)S(C)(=O)=O)ccc3c2)cc1. The molecular weight excluding hydrogens is 506 g/mol. The highest BCUT2D eigenvalue weighted by Gasteiger charge is 2.44. The average Bonchev–Trinajstić information content (AvgIpc) is 2.91. The monoisotopic (exact) mass is 541 g/mol. The Bertz CT molecular complexity index is 1460. The third-order valence-electron chi connectivity index (χ3n) is 7.24. The maximum absolute atomic E-state index is 13.2. The molecule has 10 heteroatoms. The first kappa shape index (κ1) is 27.8. The topological polar surface area (TPSA) is 107 Å². The van der Waals surface area contributed by atoms with E-state index in [-0.39, 0.29) is 18.5 Å². The zero-order chi connectivity index (χ0) is 27.5. The summed E-state index contributed by atoms with van der Waals surface area (Å²) < 4.78 is 30.4. The minimum Gasteiger partial charge on any atom is -0.378 e. The van der Waals surface area contributed by atoms with E-state index in [1.165, 1.54) is 11.5 Å². The number of amides is 1. The summed E-state index contributed by atoms with van der Waals surface area (Å²) in [6, 6.07) is 15.6. The van der Waals surface area contributed by atoms with Gasteiger partial charge in [-0.15, -0.1) is 0 Å². The van der Waals surface area contributed by atoms with Crippen LogP contribution in [0.4, 0.5) is 5.69 Å². The van der Waals surface area contributed by atoms with Gasteiger partial charge in [0.1, 0.15) is 0 Å². The molecule has 2 atom stereocenters. The highest BCUT2D eigenvalue weighted by molar-refractivity contribution is 7.92. The van der Waals surface area contributed by atoms with Gasteiger partial charge < -0.3 is 14.2 Å². The first-order valence-electron chi connectivity index (χ1n) is 12.7. The fourth-order valence-corrected chi connectivity index (χ4v) is 5.27. The molecule has 0 spiro atoms. The smallest absolute Gasteiger partial charge is 0.264 e. The van der Waals surface area contributed by atoms with Crippen molar-refractivity contribution in [3.63, 3.8) is 0 Å². The molecule has 1 saturated heterocycles. The van der Waals surface area contributed by atoms with Crippen LogP contribution in [0.15, 0.2) is 59.5 Å². The second-order valence-corrected chi connectivity index (χ2v) is 12.6. The average molecular weight is 542 g/mol. The van der Waals surface area contributed by atoms with Crippen molar-refractivity contribution in [2.75, 3.05) is 31.9 Å². The zero-order valence-corrected chi connectivity index (χ0v) is 23.1. The Morgan fingerprint density at radius 3 is 2.47 bits per heavy atom. The van der Waals surface area contributed by atoms with Crippen molar-refractivity contribution in [2.24, 2.45) is 0 Å². The molecule has 204 valence electrons. The lowest BCUT2D eigenvalue weighted by atomic mass is 10.0. The van der Waals surface area contributed by atoms with Gasteiger partial charge in [0, 0.05) is 57.2 Å². The highest BCUT2D eigenvalue weighted by Crippen LogP contribution is 2.26. The first-order chi connectivity index (χ1) is 18.0. The van der Waals surface area contributed by atoms with Gasteiger partial charge in [0.25, 0.3) is 11.5 Å². The summed E-state index contributed by atoms with van der Waals surface area (Å²) in [6.07, 6.45) is 4.38. The van der Waals surface area contributed by atoms with Gasteiger partial charge in [-0.2, -0.15) is 0 Å². The Morgan fingerprint density at radius 1 is 1.13 bits per heavy atom.